The van der Waals surface area contributed by atoms with Crippen LogP contribution in [0.3, 0.4) is 0 Å². The fourth-order valence-corrected chi connectivity index (χ4v) is 5.65. The average Bonchev–Trinajstić information content (AvgIpc) is 3.26. The molecule has 2 aromatic carbocycles. The van der Waals surface area contributed by atoms with Crippen molar-refractivity contribution < 1.29 is 13.2 Å². The molecule has 7 nitrogen and oxygen atoms in total. The lowest BCUT2D eigenvalue weighted by atomic mass is 10.2. The van der Waals surface area contributed by atoms with Crippen LogP contribution in [0.15, 0.2) is 58.8 Å². The number of thiazole rings is 1. The van der Waals surface area contributed by atoms with E-state index in [1.165, 1.54) is 12.1 Å². The molecule has 0 saturated carbocycles. The van der Waals surface area contributed by atoms with Crippen LogP contribution in [0, 0.1) is 6.92 Å². The predicted octanol–water partition coefficient (Wildman–Crippen LogP) is 3.77. The van der Waals surface area contributed by atoms with E-state index in [4.69, 9.17) is 0 Å². The largest absolute Gasteiger partial charge is 0.336 e. The topological polar surface area (TPSA) is 82.6 Å². The first-order valence-corrected chi connectivity index (χ1v) is 13.3. The lowest BCUT2D eigenvalue weighted by Gasteiger charge is -2.34. The number of amides is 1. The van der Waals surface area contributed by atoms with E-state index in [1.54, 1.807) is 46.6 Å². The quantitative estimate of drug-likeness (QED) is 0.552. The second kappa shape index (κ2) is 10.0. The number of anilines is 1. The van der Waals surface area contributed by atoms with E-state index in [1.807, 2.05) is 13.0 Å². The molecular formula is C24H28N4O3S2. The molecule has 2 heterocycles. The van der Waals surface area contributed by atoms with Gasteiger partial charge >= 0.3 is 0 Å². The van der Waals surface area contributed by atoms with Gasteiger partial charge in [0.05, 0.1) is 15.6 Å². The lowest BCUT2D eigenvalue weighted by molar-refractivity contribution is 0.0627. The number of hydrogen-bond acceptors (Lipinski definition) is 6. The van der Waals surface area contributed by atoms with Crippen LogP contribution in [-0.4, -0.2) is 55.3 Å². The van der Waals surface area contributed by atoms with Gasteiger partial charge in [0.15, 0.2) is 0 Å². The Hall–Kier alpha value is -2.75. The molecular weight excluding hydrogens is 456 g/mol. The van der Waals surface area contributed by atoms with Gasteiger partial charge in [-0.05, 0) is 49.2 Å². The summed E-state index contributed by atoms with van der Waals surface area (Å²) in [6.07, 6.45) is 0.947. The molecule has 0 aliphatic carbocycles. The Morgan fingerprint density at radius 2 is 1.85 bits per heavy atom. The number of aromatic nitrogens is 1. The van der Waals surface area contributed by atoms with Crippen molar-refractivity contribution in [2.75, 3.05) is 30.9 Å². The van der Waals surface area contributed by atoms with E-state index in [-0.39, 0.29) is 10.8 Å². The minimum absolute atomic E-state index is 0.0729. The molecule has 1 saturated heterocycles. The highest BCUT2D eigenvalue weighted by molar-refractivity contribution is 7.92. The summed E-state index contributed by atoms with van der Waals surface area (Å²) in [7, 11) is -3.80. The minimum atomic E-state index is -3.80. The maximum Gasteiger partial charge on any atom is 0.261 e. The van der Waals surface area contributed by atoms with E-state index in [9.17, 15) is 13.2 Å². The lowest BCUT2D eigenvalue weighted by Crippen LogP contribution is -2.48. The molecule has 0 radical (unpaired) electrons. The zero-order chi connectivity index (χ0) is 23.4. The number of sulfonamides is 1. The van der Waals surface area contributed by atoms with Gasteiger partial charge in [0.2, 0.25) is 0 Å². The number of nitrogens with zero attached hydrogens (tertiary/aromatic N) is 3. The normalized spacial score (nSPS) is 14.9. The van der Waals surface area contributed by atoms with Gasteiger partial charge in [0.1, 0.15) is 0 Å². The Bertz CT molecular complexity index is 1230. The fourth-order valence-electron chi connectivity index (χ4n) is 3.82. The highest BCUT2D eigenvalue weighted by atomic mass is 32.2. The van der Waals surface area contributed by atoms with Crippen molar-refractivity contribution in [3.05, 3.63) is 75.7 Å². The third kappa shape index (κ3) is 5.79. The summed E-state index contributed by atoms with van der Waals surface area (Å²) < 4.78 is 28.3. The molecule has 0 atom stereocenters. The second-order valence-electron chi connectivity index (χ2n) is 8.16. The van der Waals surface area contributed by atoms with Gasteiger partial charge in [-0.15, -0.1) is 11.3 Å². The molecule has 1 fully saturated rings. The Morgan fingerprint density at radius 3 is 2.55 bits per heavy atom. The van der Waals surface area contributed by atoms with E-state index in [2.05, 4.69) is 26.9 Å². The summed E-state index contributed by atoms with van der Waals surface area (Å²) in [6, 6.07) is 13.4. The van der Waals surface area contributed by atoms with Crippen molar-refractivity contribution in [2.24, 2.45) is 0 Å². The van der Waals surface area contributed by atoms with E-state index in [0.29, 0.717) is 24.3 Å². The molecule has 1 N–H and O–H groups in total. The van der Waals surface area contributed by atoms with Gasteiger partial charge in [0, 0.05) is 49.4 Å². The summed E-state index contributed by atoms with van der Waals surface area (Å²) in [5, 5.41) is 3.25. The van der Waals surface area contributed by atoms with Crippen LogP contribution in [0.25, 0.3) is 0 Å². The predicted molar refractivity (Wildman–Crippen MR) is 131 cm³/mol. The summed E-state index contributed by atoms with van der Waals surface area (Å²) in [5.74, 6) is -0.149. The zero-order valence-corrected chi connectivity index (χ0v) is 20.5. The van der Waals surface area contributed by atoms with Crippen LogP contribution in [-0.2, 0) is 23.0 Å². The van der Waals surface area contributed by atoms with Gasteiger partial charge in [-0.1, -0.05) is 25.1 Å². The third-order valence-electron chi connectivity index (χ3n) is 5.61. The van der Waals surface area contributed by atoms with Crippen LogP contribution in [0.1, 0.15) is 33.5 Å². The van der Waals surface area contributed by atoms with Crippen LogP contribution < -0.4 is 4.72 Å². The Labute approximate surface area is 199 Å². The molecule has 33 heavy (non-hydrogen) atoms. The third-order valence-corrected chi connectivity index (χ3v) is 8.03. The summed E-state index contributed by atoms with van der Waals surface area (Å²) in [6.45, 7) is 7.51. The molecule has 1 amide bonds. The fraction of sp³-hybridized carbons (Fsp3) is 0.333. The van der Waals surface area contributed by atoms with E-state index < -0.39 is 10.0 Å². The molecule has 9 heteroatoms. The first-order valence-electron chi connectivity index (χ1n) is 11.0. The zero-order valence-electron chi connectivity index (χ0n) is 18.8. The Morgan fingerprint density at radius 1 is 1.09 bits per heavy atom. The smallest absolute Gasteiger partial charge is 0.261 e. The molecule has 174 valence electrons. The van der Waals surface area contributed by atoms with Gasteiger partial charge < -0.3 is 4.90 Å². The van der Waals surface area contributed by atoms with Gasteiger partial charge in [0.25, 0.3) is 15.9 Å². The van der Waals surface area contributed by atoms with Crippen molar-refractivity contribution in [2.45, 2.75) is 31.7 Å². The average molecular weight is 485 g/mol. The summed E-state index contributed by atoms with van der Waals surface area (Å²) in [4.78, 5) is 21.9. The monoisotopic (exact) mass is 484 g/mol. The van der Waals surface area contributed by atoms with Gasteiger partial charge in [-0.2, -0.15) is 0 Å². The van der Waals surface area contributed by atoms with Crippen molar-refractivity contribution >= 4 is 33.0 Å². The van der Waals surface area contributed by atoms with Crippen LogP contribution in [0.2, 0.25) is 0 Å². The molecule has 0 bridgehead atoms. The van der Waals surface area contributed by atoms with E-state index in [0.717, 1.165) is 42.3 Å². The number of aryl methyl sites for hydroxylation is 2. The highest BCUT2D eigenvalue weighted by Crippen LogP contribution is 2.20. The molecule has 0 spiro atoms. The number of hydrogen-bond donors (Lipinski definition) is 1. The van der Waals surface area contributed by atoms with Crippen molar-refractivity contribution in [1.82, 2.24) is 14.8 Å². The molecule has 1 aliphatic heterocycles. The molecule has 1 aliphatic rings. The number of benzene rings is 2. The van der Waals surface area contributed by atoms with Crippen LogP contribution in [0.5, 0.6) is 0 Å². The first kappa shape index (κ1) is 23.4. The van der Waals surface area contributed by atoms with Gasteiger partial charge in [-0.25, -0.2) is 13.4 Å². The van der Waals surface area contributed by atoms with E-state index >= 15 is 0 Å². The number of nitrogens with one attached hydrogen (secondary N) is 1. The first-order chi connectivity index (χ1) is 15.8. The minimum Gasteiger partial charge on any atom is -0.336 e. The summed E-state index contributed by atoms with van der Waals surface area (Å²) >= 11 is 1.69. The van der Waals surface area contributed by atoms with Crippen LogP contribution >= 0.6 is 11.3 Å². The van der Waals surface area contributed by atoms with Crippen molar-refractivity contribution in [3.8, 4) is 0 Å². The molecule has 1 aromatic heterocycles. The van der Waals surface area contributed by atoms with Crippen molar-refractivity contribution in [1.29, 1.82) is 0 Å². The highest BCUT2D eigenvalue weighted by Gasteiger charge is 2.24. The second-order valence-corrected chi connectivity index (χ2v) is 10.8. The van der Waals surface area contributed by atoms with Gasteiger partial charge in [-0.3, -0.25) is 14.4 Å². The Balaban J connectivity index is 1.39. The maximum absolute atomic E-state index is 13.1. The number of carbonyl (C=O) groups is 1. The number of piperazine rings is 1. The SMILES string of the molecule is CCc1nc(CN2CCN(C(=O)c3cccc(S(=O)(=O)Nc4cccc(C)c4)c3)CC2)cs1. The number of carbonyl (C=O) groups excluding carboxylic acids is 1. The summed E-state index contributed by atoms with van der Waals surface area (Å²) in [5.41, 5.74) is 2.91. The molecule has 0 unspecified atom stereocenters. The standard InChI is InChI=1S/C24H28N4O3S2/c1-3-23-25-21(17-32-23)16-27-10-12-28(13-11-27)24(29)19-7-5-9-22(15-19)33(30,31)26-20-8-4-6-18(2)14-20/h4-9,14-15,17,26H,3,10-13,16H2,1-2H3. The van der Waals surface area contributed by atoms with Crippen molar-refractivity contribution in [3.63, 3.8) is 0 Å². The number of rotatable bonds is 7. The molecule has 4 rings (SSSR count). The maximum atomic E-state index is 13.1. The Kier molecular flexibility index (Phi) is 7.11. The van der Waals surface area contributed by atoms with Crippen LogP contribution in [0.4, 0.5) is 5.69 Å². The molecule has 3 aromatic rings.